The number of nitrogens with zero attached hydrogens (tertiary/aromatic N) is 2. The van der Waals surface area contributed by atoms with Gasteiger partial charge in [0.25, 0.3) is 0 Å². The van der Waals surface area contributed by atoms with Crippen molar-refractivity contribution in [2.75, 3.05) is 32.8 Å². The molecule has 8 nitrogen and oxygen atoms in total. The van der Waals surface area contributed by atoms with Crippen molar-refractivity contribution in [1.82, 2.24) is 9.21 Å². The summed E-state index contributed by atoms with van der Waals surface area (Å²) in [5.74, 6) is 0. The fourth-order valence-corrected chi connectivity index (χ4v) is 4.39. The van der Waals surface area contributed by atoms with Gasteiger partial charge in [0.1, 0.15) is 5.60 Å². The Hall–Kier alpha value is -1.62. The Morgan fingerprint density at radius 2 is 1.93 bits per heavy atom. The van der Waals surface area contributed by atoms with Crippen LogP contribution in [0, 0.1) is 0 Å². The summed E-state index contributed by atoms with van der Waals surface area (Å²) in [5, 5.41) is 0. The molecule has 27 heavy (non-hydrogen) atoms. The topological polar surface area (TPSA) is 85.4 Å². The zero-order chi connectivity index (χ0) is 19.7. The SMILES string of the molecule is CC(C)(C)OC(=O)N1CCN(S(=O)(=O)c2cccc(C3CO[B]O3)c2)CC1. The number of piperazine rings is 1. The molecule has 3 rings (SSSR count). The lowest BCUT2D eigenvalue weighted by Gasteiger charge is -2.35. The summed E-state index contributed by atoms with van der Waals surface area (Å²) in [6.45, 7) is 6.80. The van der Waals surface area contributed by atoms with Crippen molar-refractivity contribution in [1.29, 1.82) is 0 Å². The van der Waals surface area contributed by atoms with Gasteiger partial charge in [0, 0.05) is 26.2 Å². The Bertz CT molecular complexity index is 781. The Morgan fingerprint density at radius 3 is 2.52 bits per heavy atom. The van der Waals surface area contributed by atoms with Gasteiger partial charge in [-0.2, -0.15) is 4.31 Å². The zero-order valence-corrected chi connectivity index (χ0v) is 16.6. The van der Waals surface area contributed by atoms with E-state index in [-0.39, 0.29) is 24.1 Å². The molecule has 2 aliphatic heterocycles. The minimum Gasteiger partial charge on any atom is -0.444 e. The highest BCUT2D eigenvalue weighted by molar-refractivity contribution is 7.89. The molecule has 1 unspecified atom stereocenters. The van der Waals surface area contributed by atoms with Crippen LogP contribution in [-0.4, -0.2) is 69.8 Å². The van der Waals surface area contributed by atoms with Gasteiger partial charge in [-0.05, 0) is 38.5 Å². The van der Waals surface area contributed by atoms with Crippen molar-refractivity contribution in [3.8, 4) is 0 Å². The summed E-state index contributed by atoms with van der Waals surface area (Å²) >= 11 is 0. The Morgan fingerprint density at radius 1 is 1.22 bits per heavy atom. The number of carbonyl (C=O) groups excluding carboxylic acids is 1. The molecule has 2 saturated heterocycles. The fourth-order valence-electron chi connectivity index (χ4n) is 2.91. The fraction of sp³-hybridized carbons (Fsp3) is 0.588. The molecule has 1 radical (unpaired) electrons. The molecule has 0 saturated carbocycles. The van der Waals surface area contributed by atoms with Crippen molar-refractivity contribution in [3.05, 3.63) is 29.8 Å². The smallest absolute Gasteiger partial charge is 0.444 e. The molecule has 1 aromatic carbocycles. The number of hydrogen-bond donors (Lipinski definition) is 0. The molecule has 147 valence electrons. The molecule has 1 atom stereocenters. The standard InChI is InChI=1S/C17H24BN2O6S/c1-17(2,3)25-16(21)19-7-9-20(10-8-19)27(22,23)14-6-4-5-13(11-14)15-12-24-18-26-15/h4-6,11,15H,7-10,12H2,1-3H3. The first-order chi connectivity index (χ1) is 12.7. The van der Waals surface area contributed by atoms with E-state index in [0.717, 1.165) is 5.56 Å². The Balaban J connectivity index is 1.67. The van der Waals surface area contributed by atoms with Gasteiger partial charge in [-0.1, -0.05) is 12.1 Å². The minimum absolute atomic E-state index is 0.209. The maximum atomic E-state index is 13.0. The van der Waals surface area contributed by atoms with Crippen LogP contribution < -0.4 is 0 Å². The normalized spacial score (nSPS) is 21.7. The Labute approximate surface area is 160 Å². The lowest BCUT2D eigenvalue weighted by atomic mass is 10.1. The van der Waals surface area contributed by atoms with E-state index in [1.54, 1.807) is 39.0 Å². The second kappa shape index (κ2) is 7.79. The molecule has 0 aliphatic carbocycles. The number of amides is 1. The van der Waals surface area contributed by atoms with Gasteiger partial charge >= 0.3 is 13.8 Å². The van der Waals surface area contributed by atoms with Gasteiger partial charge in [-0.25, -0.2) is 13.2 Å². The van der Waals surface area contributed by atoms with Gasteiger partial charge in [0.2, 0.25) is 10.0 Å². The second-order valence-corrected chi connectivity index (χ2v) is 9.44. The molecule has 10 heteroatoms. The lowest BCUT2D eigenvalue weighted by Crippen LogP contribution is -2.51. The van der Waals surface area contributed by atoms with E-state index in [2.05, 4.69) is 0 Å². The highest BCUT2D eigenvalue weighted by atomic mass is 32.2. The summed E-state index contributed by atoms with van der Waals surface area (Å²) in [4.78, 5) is 13.9. The predicted octanol–water partition coefficient (Wildman–Crippen LogP) is 1.55. The minimum atomic E-state index is -3.65. The quantitative estimate of drug-likeness (QED) is 0.722. The van der Waals surface area contributed by atoms with Gasteiger partial charge in [0.05, 0.1) is 17.6 Å². The van der Waals surface area contributed by atoms with E-state index >= 15 is 0 Å². The summed E-state index contributed by atoms with van der Waals surface area (Å²) < 4.78 is 43.1. The van der Waals surface area contributed by atoms with Crippen molar-refractivity contribution in [3.63, 3.8) is 0 Å². The van der Waals surface area contributed by atoms with Crippen molar-refractivity contribution < 1.29 is 27.3 Å². The van der Waals surface area contributed by atoms with Crippen LogP contribution in [0.1, 0.15) is 32.4 Å². The molecule has 0 aromatic heterocycles. The van der Waals surface area contributed by atoms with Crippen molar-refractivity contribution in [2.45, 2.75) is 37.4 Å². The summed E-state index contributed by atoms with van der Waals surface area (Å²) in [6.07, 6.45) is -0.722. The summed E-state index contributed by atoms with van der Waals surface area (Å²) in [5.41, 5.74) is 0.168. The number of hydrogen-bond acceptors (Lipinski definition) is 6. The average Bonchev–Trinajstić information content (AvgIpc) is 3.15. The first-order valence-corrected chi connectivity index (χ1v) is 10.3. The molecule has 2 aliphatic rings. The molecule has 1 amide bonds. The molecular formula is C17H24BN2O6S. The number of sulfonamides is 1. The van der Waals surface area contributed by atoms with Crippen LogP contribution in [-0.2, 0) is 24.1 Å². The van der Waals surface area contributed by atoms with Gasteiger partial charge in [0.15, 0.2) is 0 Å². The molecule has 0 N–H and O–H groups in total. The predicted molar refractivity (Wildman–Crippen MR) is 98.5 cm³/mol. The maximum absolute atomic E-state index is 13.0. The third kappa shape index (κ3) is 4.81. The second-order valence-electron chi connectivity index (χ2n) is 7.50. The molecule has 1 aromatic rings. The van der Waals surface area contributed by atoms with Gasteiger partial charge < -0.3 is 18.9 Å². The van der Waals surface area contributed by atoms with Crippen LogP contribution in [0.15, 0.2) is 29.2 Å². The largest absolute Gasteiger partial charge is 0.488 e. The zero-order valence-electron chi connectivity index (χ0n) is 15.8. The molecule has 0 spiro atoms. The van der Waals surface area contributed by atoms with Crippen LogP contribution >= 0.6 is 0 Å². The van der Waals surface area contributed by atoms with Crippen LogP contribution in [0.5, 0.6) is 0 Å². The van der Waals surface area contributed by atoms with Crippen LogP contribution in [0.25, 0.3) is 0 Å². The molecule has 2 heterocycles. The third-order valence-corrected chi connectivity index (χ3v) is 6.19. The van der Waals surface area contributed by atoms with Crippen LogP contribution in [0.2, 0.25) is 0 Å². The number of benzene rings is 1. The van der Waals surface area contributed by atoms with E-state index in [9.17, 15) is 13.2 Å². The van der Waals surface area contributed by atoms with Gasteiger partial charge in [-0.15, -0.1) is 0 Å². The first-order valence-electron chi connectivity index (χ1n) is 8.83. The average molecular weight is 395 g/mol. The number of ether oxygens (including phenoxy) is 1. The molecular weight excluding hydrogens is 371 g/mol. The van der Waals surface area contributed by atoms with E-state index in [1.807, 2.05) is 6.07 Å². The van der Waals surface area contributed by atoms with Crippen molar-refractivity contribution in [2.24, 2.45) is 0 Å². The highest BCUT2D eigenvalue weighted by Crippen LogP contribution is 2.26. The Kier molecular flexibility index (Phi) is 5.80. The van der Waals surface area contributed by atoms with E-state index in [1.165, 1.54) is 16.9 Å². The third-order valence-electron chi connectivity index (χ3n) is 4.29. The highest BCUT2D eigenvalue weighted by Gasteiger charge is 2.32. The van der Waals surface area contributed by atoms with Gasteiger partial charge in [-0.3, -0.25) is 0 Å². The summed E-state index contributed by atoms with van der Waals surface area (Å²) in [7, 11) is -2.38. The van der Waals surface area contributed by atoms with E-state index in [4.69, 9.17) is 14.0 Å². The molecule has 2 fully saturated rings. The van der Waals surface area contributed by atoms with Crippen LogP contribution in [0.4, 0.5) is 4.79 Å². The number of rotatable bonds is 3. The molecule has 0 bridgehead atoms. The van der Waals surface area contributed by atoms with Crippen LogP contribution in [0.3, 0.4) is 0 Å². The van der Waals surface area contributed by atoms with Crippen molar-refractivity contribution >= 4 is 23.8 Å². The summed E-state index contributed by atoms with van der Waals surface area (Å²) in [6, 6.07) is 6.69. The van der Waals surface area contributed by atoms with E-state index < -0.39 is 21.7 Å². The maximum Gasteiger partial charge on any atom is 0.488 e. The van der Waals surface area contributed by atoms with E-state index in [0.29, 0.717) is 19.7 Å². The monoisotopic (exact) mass is 395 g/mol. The lowest BCUT2D eigenvalue weighted by molar-refractivity contribution is 0.0192. The first kappa shape index (κ1) is 20.1. The number of carbonyl (C=O) groups is 1.